The van der Waals surface area contributed by atoms with Crippen LogP contribution in [0.4, 0.5) is 5.69 Å². The lowest BCUT2D eigenvalue weighted by atomic mass is 10.1. The summed E-state index contributed by atoms with van der Waals surface area (Å²) in [7, 11) is 0. The molecule has 0 aliphatic rings. The molecule has 3 aromatic heterocycles. The van der Waals surface area contributed by atoms with Crippen LogP contribution in [0.15, 0.2) is 79.0 Å². The SMILES string of the molecule is Cc1nn(-c2ccc(Cl)cc2)c2sc(C(=O)Nc3cccc(/C=C/c4ccccn4)c3)cc12. The maximum Gasteiger partial charge on any atom is 0.265 e. The number of fused-ring (bicyclic) bond motifs is 1. The molecular weight excluding hydrogens is 452 g/mol. The van der Waals surface area contributed by atoms with Crippen LogP contribution in [0.3, 0.4) is 0 Å². The highest BCUT2D eigenvalue weighted by Gasteiger charge is 2.17. The molecule has 0 radical (unpaired) electrons. The number of carbonyl (C=O) groups is 1. The zero-order chi connectivity index (χ0) is 22.8. The number of thiophene rings is 1. The zero-order valence-electron chi connectivity index (χ0n) is 17.7. The number of hydrogen-bond acceptors (Lipinski definition) is 4. The van der Waals surface area contributed by atoms with Crippen molar-refractivity contribution in [2.75, 3.05) is 5.32 Å². The van der Waals surface area contributed by atoms with Gasteiger partial charge in [-0.1, -0.05) is 35.9 Å². The van der Waals surface area contributed by atoms with E-state index in [-0.39, 0.29) is 5.91 Å². The van der Waals surface area contributed by atoms with Gasteiger partial charge in [-0.2, -0.15) is 5.10 Å². The Kier molecular flexibility index (Phi) is 5.77. The minimum absolute atomic E-state index is 0.149. The minimum atomic E-state index is -0.149. The molecule has 7 heteroatoms. The van der Waals surface area contributed by atoms with E-state index >= 15 is 0 Å². The summed E-state index contributed by atoms with van der Waals surface area (Å²) < 4.78 is 1.85. The molecule has 1 amide bonds. The quantitative estimate of drug-likeness (QED) is 0.305. The number of rotatable bonds is 5. The first-order chi connectivity index (χ1) is 16.1. The fraction of sp³-hybridized carbons (Fsp3) is 0.0385. The third-order valence-electron chi connectivity index (χ3n) is 5.12. The molecule has 33 heavy (non-hydrogen) atoms. The summed E-state index contributed by atoms with van der Waals surface area (Å²) in [5.74, 6) is -0.149. The summed E-state index contributed by atoms with van der Waals surface area (Å²) in [6.45, 7) is 1.94. The minimum Gasteiger partial charge on any atom is -0.321 e. The van der Waals surface area contributed by atoms with E-state index in [1.807, 2.05) is 96.6 Å². The monoisotopic (exact) mass is 470 g/mol. The van der Waals surface area contributed by atoms with Gasteiger partial charge in [0.1, 0.15) is 4.83 Å². The molecule has 0 saturated carbocycles. The molecule has 0 aliphatic carbocycles. The van der Waals surface area contributed by atoms with Gasteiger partial charge in [0, 0.05) is 22.3 Å². The largest absolute Gasteiger partial charge is 0.321 e. The predicted molar refractivity (Wildman–Crippen MR) is 136 cm³/mol. The Balaban J connectivity index is 1.38. The molecule has 0 atom stereocenters. The standard InChI is InChI=1S/C26H19ClN4OS/c1-17-23-16-24(33-26(23)31(30-17)22-12-9-19(27)10-13-22)25(32)29-21-7-4-5-18(15-21)8-11-20-6-2-3-14-28-20/h2-16H,1H3,(H,29,32)/b11-8+. The predicted octanol–water partition coefficient (Wildman–Crippen LogP) is 6.87. The van der Waals surface area contributed by atoms with Crippen molar-refractivity contribution in [1.29, 1.82) is 0 Å². The average molecular weight is 471 g/mol. The van der Waals surface area contributed by atoms with Crippen molar-refractivity contribution in [1.82, 2.24) is 14.8 Å². The van der Waals surface area contributed by atoms with Gasteiger partial charge in [0.15, 0.2) is 0 Å². The van der Waals surface area contributed by atoms with Gasteiger partial charge in [0.2, 0.25) is 0 Å². The number of carbonyl (C=O) groups excluding carboxylic acids is 1. The van der Waals surface area contributed by atoms with E-state index in [1.54, 1.807) is 6.20 Å². The Labute approximate surface area is 200 Å². The van der Waals surface area contributed by atoms with Crippen LogP contribution in [-0.2, 0) is 0 Å². The Hall–Kier alpha value is -3.74. The lowest BCUT2D eigenvalue weighted by Crippen LogP contribution is -2.10. The molecule has 0 saturated heterocycles. The van der Waals surface area contributed by atoms with Crippen LogP contribution in [0, 0.1) is 6.92 Å². The lowest BCUT2D eigenvalue weighted by Gasteiger charge is -2.05. The maximum absolute atomic E-state index is 13.0. The van der Waals surface area contributed by atoms with Crippen LogP contribution in [0.5, 0.6) is 0 Å². The second kappa shape index (κ2) is 9.02. The van der Waals surface area contributed by atoms with E-state index < -0.39 is 0 Å². The molecule has 0 aliphatic heterocycles. The maximum atomic E-state index is 13.0. The summed E-state index contributed by atoms with van der Waals surface area (Å²) in [5.41, 5.74) is 4.36. The Morgan fingerprint density at radius 1 is 1.03 bits per heavy atom. The van der Waals surface area contributed by atoms with Crippen molar-refractivity contribution in [3.05, 3.63) is 106 Å². The molecule has 162 valence electrons. The van der Waals surface area contributed by atoms with Crippen LogP contribution in [0.25, 0.3) is 28.1 Å². The van der Waals surface area contributed by atoms with E-state index in [9.17, 15) is 4.79 Å². The Morgan fingerprint density at radius 3 is 2.67 bits per heavy atom. The number of benzene rings is 2. The molecule has 1 N–H and O–H groups in total. The van der Waals surface area contributed by atoms with Gasteiger partial charge >= 0.3 is 0 Å². The van der Waals surface area contributed by atoms with Crippen LogP contribution >= 0.6 is 22.9 Å². The smallest absolute Gasteiger partial charge is 0.265 e. The second-order valence-electron chi connectivity index (χ2n) is 7.47. The first-order valence-electron chi connectivity index (χ1n) is 10.3. The van der Waals surface area contributed by atoms with E-state index in [1.165, 1.54) is 11.3 Å². The van der Waals surface area contributed by atoms with Crippen molar-refractivity contribution in [3.63, 3.8) is 0 Å². The molecule has 0 unspecified atom stereocenters. The van der Waals surface area contributed by atoms with Gasteiger partial charge in [-0.15, -0.1) is 11.3 Å². The number of nitrogens with zero attached hydrogens (tertiary/aromatic N) is 3. The Morgan fingerprint density at radius 2 is 1.88 bits per heavy atom. The first-order valence-corrected chi connectivity index (χ1v) is 11.5. The number of pyridine rings is 1. The van der Waals surface area contributed by atoms with Crippen molar-refractivity contribution in [2.45, 2.75) is 6.92 Å². The number of amides is 1. The number of anilines is 1. The molecule has 0 fully saturated rings. The number of nitrogens with one attached hydrogen (secondary N) is 1. The highest BCUT2D eigenvalue weighted by molar-refractivity contribution is 7.20. The van der Waals surface area contributed by atoms with E-state index in [4.69, 9.17) is 11.6 Å². The van der Waals surface area contributed by atoms with Crippen LogP contribution in [0.2, 0.25) is 5.02 Å². The molecule has 5 rings (SSSR count). The van der Waals surface area contributed by atoms with Crippen LogP contribution in [-0.4, -0.2) is 20.7 Å². The van der Waals surface area contributed by atoms with Gasteiger partial charge in [0.25, 0.3) is 5.91 Å². The summed E-state index contributed by atoms with van der Waals surface area (Å²) in [4.78, 5) is 18.8. The average Bonchev–Trinajstić information content (AvgIpc) is 3.40. The van der Waals surface area contributed by atoms with Crippen LogP contribution < -0.4 is 5.32 Å². The summed E-state index contributed by atoms with van der Waals surface area (Å²) >= 11 is 7.44. The summed E-state index contributed by atoms with van der Waals surface area (Å²) in [6.07, 6.45) is 5.68. The van der Waals surface area contributed by atoms with Gasteiger partial charge < -0.3 is 5.32 Å². The fourth-order valence-corrected chi connectivity index (χ4v) is 4.69. The zero-order valence-corrected chi connectivity index (χ0v) is 19.3. The molecule has 0 spiro atoms. The highest BCUT2D eigenvalue weighted by Crippen LogP contribution is 2.31. The Bertz CT molecular complexity index is 1470. The summed E-state index contributed by atoms with van der Waals surface area (Å²) in [5, 5.41) is 9.27. The van der Waals surface area contributed by atoms with E-state index in [2.05, 4.69) is 15.4 Å². The van der Waals surface area contributed by atoms with Crippen molar-refractivity contribution >= 4 is 56.9 Å². The van der Waals surface area contributed by atoms with Gasteiger partial charge in [-0.3, -0.25) is 9.78 Å². The normalized spacial score (nSPS) is 11.3. The molecule has 5 nitrogen and oxygen atoms in total. The second-order valence-corrected chi connectivity index (χ2v) is 8.94. The molecular formula is C26H19ClN4OS. The van der Waals surface area contributed by atoms with Crippen LogP contribution in [0.1, 0.15) is 26.6 Å². The van der Waals surface area contributed by atoms with Crippen molar-refractivity contribution in [2.24, 2.45) is 0 Å². The number of aromatic nitrogens is 3. The first kappa shape index (κ1) is 21.1. The fourth-order valence-electron chi connectivity index (χ4n) is 3.49. The van der Waals surface area contributed by atoms with E-state index in [0.717, 1.165) is 38.5 Å². The lowest BCUT2D eigenvalue weighted by molar-refractivity contribution is 0.103. The number of aryl methyl sites for hydroxylation is 1. The third kappa shape index (κ3) is 4.58. The van der Waals surface area contributed by atoms with E-state index in [0.29, 0.717) is 9.90 Å². The highest BCUT2D eigenvalue weighted by atomic mass is 35.5. The molecule has 3 heterocycles. The topological polar surface area (TPSA) is 59.8 Å². The molecule has 5 aromatic rings. The number of halogens is 1. The van der Waals surface area contributed by atoms with Gasteiger partial charge in [-0.05, 0) is 73.2 Å². The van der Waals surface area contributed by atoms with Gasteiger partial charge in [-0.25, -0.2) is 4.68 Å². The molecule has 0 bridgehead atoms. The number of hydrogen-bond donors (Lipinski definition) is 1. The molecule has 2 aromatic carbocycles. The summed E-state index contributed by atoms with van der Waals surface area (Å²) in [6, 6.07) is 22.9. The van der Waals surface area contributed by atoms with Crippen molar-refractivity contribution < 1.29 is 4.79 Å². The van der Waals surface area contributed by atoms with Crippen molar-refractivity contribution in [3.8, 4) is 5.69 Å². The van der Waals surface area contributed by atoms with Gasteiger partial charge in [0.05, 0.1) is 22.0 Å². The third-order valence-corrected chi connectivity index (χ3v) is 6.48.